The van der Waals surface area contributed by atoms with Gasteiger partial charge in [0, 0.05) is 5.02 Å². The van der Waals surface area contributed by atoms with Gasteiger partial charge in [-0.3, -0.25) is 19.3 Å². The molecular formula is C23H22ClFN2O6. The number of Topliss-reactive ketones (excluding diaryl/α,β-unsaturated/α-hetero) is 1. The van der Waals surface area contributed by atoms with Crippen molar-refractivity contribution in [3.8, 4) is 0 Å². The van der Waals surface area contributed by atoms with Crippen LogP contribution in [0.5, 0.6) is 0 Å². The van der Waals surface area contributed by atoms with E-state index >= 15 is 0 Å². The summed E-state index contributed by atoms with van der Waals surface area (Å²) in [5, 5.41) is 12.0. The lowest BCUT2D eigenvalue weighted by molar-refractivity contribution is -0.145. The molecule has 3 rings (SSSR count). The molecule has 2 amide bonds. The molecule has 0 radical (unpaired) electrons. The lowest BCUT2D eigenvalue weighted by Gasteiger charge is -2.37. The number of nitrogens with zero attached hydrogens (tertiary/aromatic N) is 1. The number of aryl methyl sites for hydroxylation is 1. The SMILES string of the molecule is O=C(O)CC(C(=O)CF)C(=O)NC1CCc2ccccc2N1C(=O)OCc1cccc(Cl)c1. The van der Waals surface area contributed by atoms with E-state index in [-0.39, 0.29) is 6.61 Å². The Morgan fingerprint density at radius 3 is 2.64 bits per heavy atom. The van der Waals surface area contributed by atoms with E-state index in [4.69, 9.17) is 21.4 Å². The molecule has 0 aromatic heterocycles. The van der Waals surface area contributed by atoms with Crippen LogP contribution in [-0.2, 0) is 32.1 Å². The van der Waals surface area contributed by atoms with E-state index in [1.807, 2.05) is 12.1 Å². The van der Waals surface area contributed by atoms with Gasteiger partial charge in [-0.05, 0) is 42.2 Å². The number of amides is 2. The molecule has 33 heavy (non-hydrogen) atoms. The van der Waals surface area contributed by atoms with Crippen LogP contribution in [0.25, 0.3) is 0 Å². The minimum atomic E-state index is -1.70. The summed E-state index contributed by atoms with van der Waals surface area (Å²) >= 11 is 5.96. The Hall–Kier alpha value is -3.46. The quantitative estimate of drug-likeness (QED) is 0.564. The normalized spacial score (nSPS) is 15.8. The maximum atomic E-state index is 13.0. The fraction of sp³-hybridized carbons (Fsp3) is 0.304. The number of anilines is 1. The van der Waals surface area contributed by atoms with Crippen LogP contribution in [0.3, 0.4) is 0 Å². The van der Waals surface area contributed by atoms with Crippen LogP contribution in [0.1, 0.15) is 24.0 Å². The highest BCUT2D eigenvalue weighted by Crippen LogP contribution is 2.31. The van der Waals surface area contributed by atoms with Gasteiger partial charge in [0.2, 0.25) is 5.91 Å². The number of aliphatic carboxylic acids is 1. The molecule has 0 saturated carbocycles. The van der Waals surface area contributed by atoms with Crippen LogP contribution in [0.2, 0.25) is 5.02 Å². The van der Waals surface area contributed by atoms with Gasteiger partial charge in [0.25, 0.3) is 0 Å². The van der Waals surface area contributed by atoms with Crippen LogP contribution in [-0.4, -0.2) is 41.7 Å². The van der Waals surface area contributed by atoms with Gasteiger partial charge < -0.3 is 15.2 Å². The third-order valence-electron chi connectivity index (χ3n) is 5.22. The lowest BCUT2D eigenvalue weighted by Crippen LogP contribution is -2.55. The second-order valence-electron chi connectivity index (χ2n) is 7.50. The van der Waals surface area contributed by atoms with Crippen molar-refractivity contribution in [2.45, 2.75) is 32.0 Å². The molecule has 10 heteroatoms. The number of ketones is 1. The number of carbonyl (C=O) groups is 4. The zero-order chi connectivity index (χ0) is 24.0. The zero-order valence-corrected chi connectivity index (χ0v) is 18.3. The molecule has 2 aromatic rings. The lowest BCUT2D eigenvalue weighted by atomic mass is 9.97. The molecule has 2 aromatic carbocycles. The van der Waals surface area contributed by atoms with Crippen molar-refractivity contribution in [3.05, 3.63) is 64.7 Å². The van der Waals surface area contributed by atoms with Gasteiger partial charge in [0.15, 0.2) is 5.78 Å². The van der Waals surface area contributed by atoms with Crippen LogP contribution in [0, 0.1) is 5.92 Å². The molecule has 8 nitrogen and oxygen atoms in total. The Morgan fingerprint density at radius 2 is 1.94 bits per heavy atom. The maximum Gasteiger partial charge on any atom is 0.416 e. The molecule has 1 heterocycles. The predicted octanol–water partition coefficient (Wildman–Crippen LogP) is 3.50. The Bertz CT molecular complexity index is 1060. The summed E-state index contributed by atoms with van der Waals surface area (Å²) in [6, 6.07) is 13.9. The summed E-state index contributed by atoms with van der Waals surface area (Å²) < 4.78 is 18.3. The van der Waals surface area contributed by atoms with Gasteiger partial charge in [-0.25, -0.2) is 9.18 Å². The first-order valence-electron chi connectivity index (χ1n) is 10.2. The van der Waals surface area contributed by atoms with Crippen molar-refractivity contribution in [1.82, 2.24) is 5.32 Å². The minimum Gasteiger partial charge on any atom is -0.481 e. The largest absolute Gasteiger partial charge is 0.481 e. The number of halogens is 2. The summed E-state index contributed by atoms with van der Waals surface area (Å²) in [5.74, 6) is -5.21. The third kappa shape index (κ3) is 6.07. The Kier molecular flexibility index (Phi) is 8.00. The number of fused-ring (bicyclic) bond motifs is 1. The van der Waals surface area contributed by atoms with Gasteiger partial charge in [0.1, 0.15) is 25.4 Å². The third-order valence-corrected chi connectivity index (χ3v) is 5.46. The monoisotopic (exact) mass is 476 g/mol. The fourth-order valence-corrected chi connectivity index (χ4v) is 3.85. The highest BCUT2D eigenvalue weighted by molar-refractivity contribution is 6.30. The van der Waals surface area contributed by atoms with Crippen LogP contribution >= 0.6 is 11.6 Å². The van der Waals surface area contributed by atoms with Crippen molar-refractivity contribution in [1.29, 1.82) is 0 Å². The van der Waals surface area contributed by atoms with Crippen molar-refractivity contribution >= 4 is 41.0 Å². The Labute approximate surface area is 194 Å². The number of benzene rings is 2. The van der Waals surface area contributed by atoms with Crippen molar-refractivity contribution < 1.29 is 33.4 Å². The zero-order valence-electron chi connectivity index (χ0n) is 17.5. The first-order valence-corrected chi connectivity index (χ1v) is 10.6. The summed E-state index contributed by atoms with van der Waals surface area (Å²) in [6.07, 6.45) is -1.71. The number of rotatable bonds is 8. The van der Waals surface area contributed by atoms with Gasteiger partial charge >= 0.3 is 12.1 Å². The molecule has 0 bridgehead atoms. The maximum absolute atomic E-state index is 13.0. The van der Waals surface area contributed by atoms with Gasteiger partial charge in [0.05, 0.1) is 12.1 Å². The highest BCUT2D eigenvalue weighted by Gasteiger charge is 2.36. The minimum absolute atomic E-state index is 0.0687. The molecule has 1 aliphatic rings. The predicted molar refractivity (Wildman–Crippen MR) is 118 cm³/mol. The summed E-state index contributed by atoms with van der Waals surface area (Å²) in [5.41, 5.74) is 2.03. The van der Waals surface area contributed by atoms with Crippen molar-refractivity contribution in [3.63, 3.8) is 0 Å². The fourth-order valence-electron chi connectivity index (χ4n) is 3.64. The van der Waals surface area contributed by atoms with Crippen LogP contribution in [0.4, 0.5) is 14.9 Å². The molecule has 1 aliphatic heterocycles. The average molecular weight is 477 g/mol. The molecule has 0 fully saturated rings. The number of alkyl halides is 1. The Balaban J connectivity index is 1.82. The second-order valence-corrected chi connectivity index (χ2v) is 7.93. The van der Waals surface area contributed by atoms with E-state index in [9.17, 15) is 23.6 Å². The molecule has 2 N–H and O–H groups in total. The average Bonchev–Trinajstić information content (AvgIpc) is 2.80. The van der Waals surface area contributed by atoms with Gasteiger partial charge in [-0.15, -0.1) is 0 Å². The van der Waals surface area contributed by atoms with E-state index in [2.05, 4.69) is 5.32 Å². The van der Waals surface area contributed by atoms with Gasteiger partial charge in [-0.2, -0.15) is 0 Å². The summed E-state index contributed by atoms with van der Waals surface area (Å²) in [6.45, 7) is -1.54. The summed E-state index contributed by atoms with van der Waals surface area (Å²) in [7, 11) is 0. The number of carboxylic acids is 1. The second kappa shape index (κ2) is 10.9. The molecule has 2 unspecified atom stereocenters. The van der Waals surface area contributed by atoms with Crippen LogP contribution in [0.15, 0.2) is 48.5 Å². The van der Waals surface area contributed by atoms with Crippen LogP contribution < -0.4 is 10.2 Å². The molecule has 0 saturated heterocycles. The van der Waals surface area contributed by atoms with Crippen molar-refractivity contribution in [2.75, 3.05) is 11.6 Å². The number of para-hydroxylation sites is 1. The van der Waals surface area contributed by atoms with E-state index < -0.39 is 48.9 Å². The molecule has 174 valence electrons. The summed E-state index contributed by atoms with van der Waals surface area (Å²) in [4.78, 5) is 49.9. The topological polar surface area (TPSA) is 113 Å². The van der Waals surface area contributed by atoms with Gasteiger partial charge in [-0.1, -0.05) is 41.9 Å². The smallest absolute Gasteiger partial charge is 0.416 e. The molecular weight excluding hydrogens is 455 g/mol. The van der Waals surface area contributed by atoms with E-state index in [0.29, 0.717) is 29.1 Å². The number of carboxylic acid groups (broad SMARTS) is 1. The molecule has 0 spiro atoms. The van der Waals surface area contributed by atoms with E-state index in [1.165, 1.54) is 4.90 Å². The van der Waals surface area contributed by atoms with Crippen molar-refractivity contribution in [2.24, 2.45) is 5.92 Å². The first-order chi connectivity index (χ1) is 15.8. The number of hydrogen-bond acceptors (Lipinski definition) is 5. The first kappa shape index (κ1) is 24.2. The molecule has 0 aliphatic carbocycles. The van der Waals surface area contributed by atoms with E-state index in [0.717, 1.165) is 5.56 Å². The number of carbonyl (C=O) groups excluding carboxylic acids is 3. The molecule has 2 atom stereocenters. The Morgan fingerprint density at radius 1 is 1.18 bits per heavy atom. The number of ether oxygens (including phenoxy) is 1. The highest BCUT2D eigenvalue weighted by atomic mass is 35.5. The van der Waals surface area contributed by atoms with E-state index in [1.54, 1.807) is 36.4 Å². The number of nitrogens with one attached hydrogen (secondary N) is 1. The number of hydrogen-bond donors (Lipinski definition) is 2. The standard InChI is InChI=1S/C23H22ClFN2O6/c24-16-6-3-4-14(10-16)13-33-23(32)27-18-7-2-1-5-15(18)8-9-20(27)26-22(31)17(11-21(29)30)19(28)12-25/h1-7,10,17,20H,8-9,11-13H2,(H,26,31)(H,29,30).